The highest BCUT2D eigenvalue weighted by atomic mass is 32.1. The zero-order chi connectivity index (χ0) is 19.0. The zero-order valence-corrected chi connectivity index (χ0v) is 16.4. The molecule has 0 unspecified atom stereocenters. The summed E-state index contributed by atoms with van der Waals surface area (Å²) in [6.07, 6.45) is 0. The average Bonchev–Trinajstić information content (AvgIpc) is 3.25. The van der Waals surface area contributed by atoms with Crippen LogP contribution in [0.15, 0.2) is 52.9 Å². The van der Waals surface area contributed by atoms with E-state index >= 15 is 0 Å². The van der Waals surface area contributed by atoms with E-state index in [1.165, 1.54) is 6.07 Å². The Morgan fingerprint density at radius 1 is 1.22 bits per heavy atom. The van der Waals surface area contributed by atoms with E-state index in [0.29, 0.717) is 12.2 Å². The summed E-state index contributed by atoms with van der Waals surface area (Å²) < 4.78 is 22.2. The Balaban J connectivity index is 1.56. The van der Waals surface area contributed by atoms with Crippen LogP contribution in [-0.4, -0.2) is 26.7 Å². The molecule has 8 heteroatoms. The molecule has 0 N–H and O–H groups in total. The summed E-state index contributed by atoms with van der Waals surface area (Å²) in [6, 6.07) is 14.5. The third-order valence-corrected chi connectivity index (χ3v) is 5.90. The molecule has 0 aliphatic rings. The number of para-hydroxylation sites is 1. The standard InChI is InChI=1S/C19H17FN4OS2/c1-12(18-21-15-9-5-6-10-16(15)27-18)23(2)11-24-19(26)25-17(22-24)13-7-3-4-8-14(13)20/h3-10,12H,11H2,1-2H3/t12-/m1/s1. The Morgan fingerprint density at radius 3 is 2.74 bits per heavy atom. The van der Waals surface area contributed by atoms with Gasteiger partial charge in [0.05, 0.1) is 28.5 Å². The lowest BCUT2D eigenvalue weighted by molar-refractivity contribution is 0.192. The van der Waals surface area contributed by atoms with Gasteiger partial charge in [0.15, 0.2) is 0 Å². The largest absolute Gasteiger partial charge is 0.409 e. The Bertz CT molecular complexity index is 1120. The van der Waals surface area contributed by atoms with Crippen LogP contribution >= 0.6 is 23.6 Å². The maximum Gasteiger partial charge on any atom is 0.288 e. The first-order valence-corrected chi connectivity index (χ1v) is 9.64. The molecule has 1 atom stereocenters. The molecule has 27 heavy (non-hydrogen) atoms. The van der Waals surface area contributed by atoms with E-state index in [0.717, 1.165) is 15.2 Å². The topological polar surface area (TPSA) is 47.1 Å². The van der Waals surface area contributed by atoms with E-state index in [2.05, 4.69) is 23.0 Å². The molecule has 0 spiro atoms. The van der Waals surface area contributed by atoms with E-state index in [-0.39, 0.29) is 16.8 Å². The lowest BCUT2D eigenvalue weighted by Gasteiger charge is -2.22. The predicted molar refractivity (Wildman–Crippen MR) is 107 cm³/mol. The van der Waals surface area contributed by atoms with Gasteiger partial charge in [0.1, 0.15) is 10.8 Å². The molecule has 0 saturated carbocycles. The van der Waals surface area contributed by atoms with Crippen LogP contribution in [0.1, 0.15) is 18.0 Å². The van der Waals surface area contributed by atoms with Crippen LogP contribution in [0.5, 0.6) is 0 Å². The van der Waals surface area contributed by atoms with Gasteiger partial charge in [-0.3, -0.25) is 4.90 Å². The quantitative estimate of drug-likeness (QED) is 0.427. The summed E-state index contributed by atoms with van der Waals surface area (Å²) >= 11 is 6.93. The highest BCUT2D eigenvalue weighted by Gasteiger charge is 2.19. The maximum absolute atomic E-state index is 14.0. The van der Waals surface area contributed by atoms with Crippen LogP contribution in [0.4, 0.5) is 4.39 Å². The van der Waals surface area contributed by atoms with Crippen LogP contribution in [0.2, 0.25) is 0 Å². The van der Waals surface area contributed by atoms with Gasteiger partial charge in [-0.05, 0) is 50.5 Å². The molecule has 2 aromatic heterocycles. The number of halogens is 1. The summed E-state index contributed by atoms with van der Waals surface area (Å²) in [5.74, 6) is -0.212. The molecule has 2 aromatic carbocycles. The van der Waals surface area contributed by atoms with E-state index in [1.54, 1.807) is 34.2 Å². The number of aromatic nitrogens is 3. The van der Waals surface area contributed by atoms with Crippen molar-refractivity contribution in [3.05, 3.63) is 64.2 Å². The molecule has 0 aliphatic heterocycles. The van der Waals surface area contributed by atoms with Crippen molar-refractivity contribution in [2.75, 3.05) is 7.05 Å². The molecule has 0 fully saturated rings. The Kier molecular flexibility index (Phi) is 4.86. The molecule has 0 saturated heterocycles. The third kappa shape index (κ3) is 3.55. The fourth-order valence-corrected chi connectivity index (χ4v) is 3.99. The molecule has 0 aliphatic carbocycles. The highest BCUT2D eigenvalue weighted by Crippen LogP contribution is 2.29. The van der Waals surface area contributed by atoms with Gasteiger partial charge in [0.2, 0.25) is 5.89 Å². The van der Waals surface area contributed by atoms with Crippen molar-refractivity contribution in [2.45, 2.75) is 19.6 Å². The van der Waals surface area contributed by atoms with Crippen molar-refractivity contribution >= 4 is 33.8 Å². The molecule has 4 aromatic rings. The Labute approximate surface area is 164 Å². The SMILES string of the molecule is C[C@H](c1nc2ccccc2s1)N(C)Cn1nc(-c2ccccc2F)oc1=S. The first-order chi connectivity index (χ1) is 13.0. The fraction of sp³-hybridized carbons (Fsp3) is 0.211. The van der Waals surface area contributed by atoms with Crippen molar-refractivity contribution in [3.63, 3.8) is 0 Å². The normalized spacial score (nSPS) is 12.7. The van der Waals surface area contributed by atoms with E-state index < -0.39 is 5.82 Å². The van der Waals surface area contributed by atoms with Crippen LogP contribution in [0, 0.1) is 10.7 Å². The number of hydrogen-bond donors (Lipinski definition) is 0. The Morgan fingerprint density at radius 2 is 1.96 bits per heavy atom. The molecule has 0 radical (unpaired) electrons. The van der Waals surface area contributed by atoms with E-state index in [1.807, 2.05) is 25.2 Å². The highest BCUT2D eigenvalue weighted by molar-refractivity contribution is 7.71. The number of nitrogens with zero attached hydrogens (tertiary/aromatic N) is 4. The van der Waals surface area contributed by atoms with Crippen LogP contribution < -0.4 is 0 Å². The number of benzene rings is 2. The number of rotatable bonds is 5. The van der Waals surface area contributed by atoms with Crippen molar-refractivity contribution in [2.24, 2.45) is 0 Å². The molecule has 0 amide bonds. The van der Waals surface area contributed by atoms with E-state index in [9.17, 15) is 4.39 Å². The predicted octanol–water partition coefficient (Wildman–Crippen LogP) is 5.27. The molecule has 2 heterocycles. The minimum Gasteiger partial charge on any atom is -0.409 e. The third-order valence-electron chi connectivity index (χ3n) is 4.40. The Hall–Kier alpha value is -2.42. The molecule has 0 bridgehead atoms. The van der Waals surface area contributed by atoms with Gasteiger partial charge in [-0.25, -0.2) is 14.1 Å². The molecule has 4 rings (SSSR count). The van der Waals surface area contributed by atoms with E-state index in [4.69, 9.17) is 21.6 Å². The van der Waals surface area contributed by atoms with Gasteiger partial charge < -0.3 is 4.42 Å². The van der Waals surface area contributed by atoms with Crippen molar-refractivity contribution in [1.82, 2.24) is 19.7 Å². The van der Waals surface area contributed by atoms with Gasteiger partial charge in [-0.15, -0.1) is 16.4 Å². The first-order valence-electron chi connectivity index (χ1n) is 8.41. The fourth-order valence-electron chi connectivity index (χ4n) is 2.73. The first kappa shape index (κ1) is 18.0. The number of fused-ring (bicyclic) bond motifs is 1. The van der Waals surface area contributed by atoms with Gasteiger partial charge >= 0.3 is 0 Å². The second kappa shape index (κ2) is 7.30. The molecular formula is C19H17FN4OS2. The van der Waals surface area contributed by atoms with Crippen molar-refractivity contribution in [1.29, 1.82) is 0 Å². The van der Waals surface area contributed by atoms with Crippen molar-refractivity contribution in [3.8, 4) is 11.5 Å². The summed E-state index contributed by atoms with van der Waals surface area (Å²) in [7, 11) is 1.97. The minimum atomic E-state index is -0.392. The van der Waals surface area contributed by atoms with Gasteiger partial charge in [0, 0.05) is 0 Å². The molecular weight excluding hydrogens is 383 g/mol. The summed E-state index contributed by atoms with van der Waals surface area (Å²) in [4.78, 5) is 6.99. The van der Waals surface area contributed by atoms with Gasteiger partial charge in [0.25, 0.3) is 4.84 Å². The zero-order valence-electron chi connectivity index (χ0n) is 14.8. The smallest absolute Gasteiger partial charge is 0.288 e. The summed E-state index contributed by atoms with van der Waals surface area (Å²) in [6.45, 7) is 2.49. The lowest BCUT2D eigenvalue weighted by Crippen LogP contribution is -2.26. The summed E-state index contributed by atoms with van der Waals surface area (Å²) in [5.41, 5.74) is 1.29. The molecule has 5 nitrogen and oxygen atoms in total. The lowest BCUT2D eigenvalue weighted by atomic mass is 10.2. The van der Waals surface area contributed by atoms with Crippen molar-refractivity contribution < 1.29 is 8.81 Å². The minimum absolute atomic E-state index is 0.0675. The van der Waals surface area contributed by atoms with Crippen LogP contribution in [-0.2, 0) is 6.67 Å². The van der Waals surface area contributed by atoms with Crippen LogP contribution in [0.25, 0.3) is 21.7 Å². The maximum atomic E-state index is 14.0. The number of thiazole rings is 1. The second-order valence-electron chi connectivity index (χ2n) is 6.25. The van der Waals surface area contributed by atoms with Gasteiger partial charge in [-0.2, -0.15) is 0 Å². The average molecular weight is 401 g/mol. The van der Waals surface area contributed by atoms with Crippen LogP contribution in [0.3, 0.4) is 0 Å². The number of hydrogen-bond acceptors (Lipinski definition) is 6. The molecule has 138 valence electrons. The second-order valence-corrected chi connectivity index (χ2v) is 7.66. The monoisotopic (exact) mass is 400 g/mol. The van der Waals surface area contributed by atoms with Gasteiger partial charge in [-0.1, -0.05) is 24.3 Å². The summed E-state index contributed by atoms with van der Waals surface area (Å²) in [5, 5.41) is 5.36.